The topological polar surface area (TPSA) is 34.1 Å². The van der Waals surface area contributed by atoms with Gasteiger partial charge in [0.15, 0.2) is 0 Å². The lowest BCUT2D eigenvalue weighted by Gasteiger charge is -2.02. The summed E-state index contributed by atoms with van der Waals surface area (Å²) in [6, 6.07) is 0. The van der Waals surface area contributed by atoms with Gasteiger partial charge in [0.05, 0.1) is 0 Å². The molecule has 0 saturated heterocycles. The molecule has 0 amide bonds. The van der Waals surface area contributed by atoms with Crippen molar-refractivity contribution in [3.8, 4) is 0 Å². The number of hydrogen-bond donors (Lipinski definition) is 0. The smallest absolute Gasteiger partial charge is 0.221 e. The van der Waals surface area contributed by atoms with Gasteiger partial charge in [-0.15, -0.1) is 0 Å². The van der Waals surface area contributed by atoms with E-state index in [4.69, 9.17) is 23.2 Å². The van der Waals surface area contributed by atoms with Crippen LogP contribution in [0, 0.1) is 0 Å². The molecule has 0 radical (unpaired) electrons. The van der Waals surface area contributed by atoms with Crippen LogP contribution in [-0.2, 0) is 9.59 Å². The molecule has 4 heteroatoms. The first kappa shape index (κ1) is 20.9. The molecule has 0 bridgehead atoms. The molecular weight excluding hydrogens is 307 g/mol. The Morgan fingerprint density at radius 2 is 0.619 bits per heavy atom. The van der Waals surface area contributed by atoms with E-state index in [1.165, 1.54) is 57.8 Å². The Hall–Kier alpha value is -0.0800. The third kappa shape index (κ3) is 19.9. The number of carbonyl (C=O) groups excluding carboxylic acids is 2. The van der Waals surface area contributed by atoms with E-state index in [9.17, 15) is 9.59 Å². The van der Waals surface area contributed by atoms with Gasteiger partial charge in [0.25, 0.3) is 0 Å². The highest BCUT2D eigenvalue weighted by Gasteiger charge is 1.97. The van der Waals surface area contributed by atoms with Crippen molar-refractivity contribution in [3.63, 3.8) is 0 Å². The van der Waals surface area contributed by atoms with Gasteiger partial charge in [0.2, 0.25) is 10.5 Å². The van der Waals surface area contributed by atoms with Crippen LogP contribution >= 0.6 is 23.2 Å². The Labute approximate surface area is 140 Å². The molecule has 0 aromatic rings. The number of halogens is 2. The largest absolute Gasteiger partial charge is 0.281 e. The van der Waals surface area contributed by atoms with E-state index in [0.29, 0.717) is 12.8 Å². The monoisotopic (exact) mass is 336 g/mol. The van der Waals surface area contributed by atoms with Gasteiger partial charge in [-0.1, -0.05) is 70.6 Å². The summed E-state index contributed by atoms with van der Waals surface area (Å²) in [5.41, 5.74) is 0. The highest BCUT2D eigenvalue weighted by Crippen LogP contribution is 2.13. The van der Waals surface area contributed by atoms with Crippen LogP contribution in [0.3, 0.4) is 0 Å². The molecule has 0 N–H and O–H groups in total. The highest BCUT2D eigenvalue weighted by molar-refractivity contribution is 6.63. The molecule has 0 aliphatic rings. The van der Waals surface area contributed by atoms with Crippen LogP contribution in [0.15, 0.2) is 0 Å². The summed E-state index contributed by atoms with van der Waals surface area (Å²) in [6.45, 7) is 0. The van der Waals surface area contributed by atoms with Crippen molar-refractivity contribution in [2.75, 3.05) is 0 Å². The molecule has 0 unspecified atom stereocenters. The summed E-state index contributed by atoms with van der Waals surface area (Å²) in [4.78, 5) is 21.1. The maximum absolute atomic E-state index is 10.5. The van der Waals surface area contributed by atoms with Crippen molar-refractivity contribution in [3.05, 3.63) is 0 Å². The zero-order chi connectivity index (χ0) is 15.8. The van der Waals surface area contributed by atoms with Crippen molar-refractivity contribution >= 4 is 33.7 Å². The van der Waals surface area contributed by atoms with E-state index in [2.05, 4.69) is 0 Å². The normalized spacial score (nSPS) is 10.8. The fourth-order valence-corrected chi connectivity index (χ4v) is 2.74. The van der Waals surface area contributed by atoms with Crippen LogP contribution in [0.5, 0.6) is 0 Å². The second-order valence-electron chi connectivity index (χ2n) is 5.81. The first-order chi connectivity index (χ1) is 10.1. The van der Waals surface area contributed by atoms with E-state index in [1.54, 1.807) is 0 Å². The molecule has 0 aliphatic heterocycles. The predicted octanol–water partition coefficient (Wildman–Crippen LogP) is 6.37. The second kappa shape index (κ2) is 16.3. The van der Waals surface area contributed by atoms with Crippen LogP contribution in [0.25, 0.3) is 0 Å². The van der Waals surface area contributed by atoms with Gasteiger partial charge in [-0.3, -0.25) is 9.59 Å². The van der Waals surface area contributed by atoms with E-state index in [1.807, 2.05) is 0 Å². The van der Waals surface area contributed by atoms with Gasteiger partial charge in [-0.05, 0) is 36.0 Å². The summed E-state index contributed by atoms with van der Waals surface area (Å²) in [7, 11) is 0. The summed E-state index contributed by atoms with van der Waals surface area (Å²) in [5.74, 6) is 0. The van der Waals surface area contributed by atoms with Crippen LogP contribution in [0.1, 0.15) is 96.3 Å². The Bertz CT molecular complexity index is 242. The van der Waals surface area contributed by atoms with Crippen LogP contribution in [0.4, 0.5) is 0 Å². The van der Waals surface area contributed by atoms with Gasteiger partial charge in [-0.25, -0.2) is 0 Å². The zero-order valence-corrected chi connectivity index (χ0v) is 14.7. The Morgan fingerprint density at radius 3 is 0.810 bits per heavy atom. The molecule has 0 saturated carbocycles. The van der Waals surface area contributed by atoms with Gasteiger partial charge in [0, 0.05) is 12.8 Å². The lowest BCUT2D eigenvalue weighted by atomic mass is 10.0. The van der Waals surface area contributed by atoms with Crippen molar-refractivity contribution < 1.29 is 9.59 Å². The molecule has 0 spiro atoms. The van der Waals surface area contributed by atoms with Crippen molar-refractivity contribution in [1.82, 2.24) is 0 Å². The van der Waals surface area contributed by atoms with Crippen LogP contribution in [0.2, 0.25) is 0 Å². The highest BCUT2D eigenvalue weighted by atomic mass is 35.5. The minimum Gasteiger partial charge on any atom is -0.281 e. The van der Waals surface area contributed by atoms with Gasteiger partial charge in [-0.2, -0.15) is 0 Å². The second-order valence-corrected chi connectivity index (χ2v) is 6.65. The summed E-state index contributed by atoms with van der Waals surface area (Å²) in [6.07, 6.45) is 16.8. The fraction of sp³-hybridized carbons (Fsp3) is 0.882. The van der Waals surface area contributed by atoms with E-state index >= 15 is 0 Å². The molecule has 124 valence electrons. The average molecular weight is 337 g/mol. The molecule has 0 fully saturated rings. The molecule has 0 rings (SSSR count). The number of hydrogen-bond acceptors (Lipinski definition) is 2. The summed E-state index contributed by atoms with van der Waals surface area (Å²) in [5, 5.41) is -0.409. The third-order valence-corrected chi connectivity index (χ3v) is 4.12. The molecule has 0 aliphatic carbocycles. The minimum atomic E-state index is -0.204. The molecule has 21 heavy (non-hydrogen) atoms. The SMILES string of the molecule is O=C(Cl)CCCCCCCCCCCCCCCC(=O)Cl. The standard InChI is InChI=1S/C17H30Cl2O2/c18-16(20)14-12-10-8-6-4-2-1-3-5-7-9-11-13-15-17(19)21/h1-15H2. The summed E-state index contributed by atoms with van der Waals surface area (Å²) >= 11 is 10.6. The van der Waals surface area contributed by atoms with Crippen molar-refractivity contribution in [2.24, 2.45) is 0 Å². The maximum atomic E-state index is 10.5. The van der Waals surface area contributed by atoms with Crippen molar-refractivity contribution in [2.45, 2.75) is 96.3 Å². The fourth-order valence-electron chi connectivity index (χ4n) is 2.47. The number of rotatable bonds is 16. The Kier molecular flexibility index (Phi) is 16.2. The van der Waals surface area contributed by atoms with E-state index in [-0.39, 0.29) is 10.5 Å². The first-order valence-corrected chi connectivity index (χ1v) is 9.25. The quantitative estimate of drug-likeness (QED) is 0.242. The van der Waals surface area contributed by atoms with Gasteiger partial charge >= 0.3 is 0 Å². The molecule has 2 nitrogen and oxygen atoms in total. The lowest BCUT2D eigenvalue weighted by molar-refractivity contribution is -0.112. The maximum Gasteiger partial charge on any atom is 0.221 e. The first-order valence-electron chi connectivity index (χ1n) is 8.49. The third-order valence-electron chi connectivity index (χ3n) is 3.75. The Balaban J connectivity index is 2.99. The lowest BCUT2D eigenvalue weighted by Crippen LogP contribution is -1.87. The van der Waals surface area contributed by atoms with Crippen LogP contribution in [-0.4, -0.2) is 10.5 Å². The Morgan fingerprint density at radius 1 is 0.429 bits per heavy atom. The molecular formula is C17H30Cl2O2. The van der Waals surface area contributed by atoms with Gasteiger partial charge < -0.3 is 0 Å². The minimum absolute atomic E-state index is 0.204. The summed E-state index contributed by atoms with van der Waals surface area (Å²) < 4.78 is 0. The molecule has 0 aromatic carbocycles. The average Bonchev–Trinajstić information content (AvgIpc) is 2.42. The van der Waals surface area contributed by atoms with Crippen molar-refractivity contribution in [1.29, 1.82) is 0 Å². The zero-order valence-electron chi connectivity index (χ0n) is 13.2. The molecule has 0 atom stereocenters. The van der Waals surface area contributed by atoms with E-state index in [0.717, 1.165) is 25.7 Å². The molecule has 0 aromatic heterocycles. The number of carbonyl (C=O) groups is 2. The number of unbranched alkanes of at least 4 members (excludes halogenated alkanes) is 12. The van der Waals surface area contributed by atoms with Crippen LogP contribution < -0.4 is 0 Å². The molecule has 0 heterocycles. The van der Waals surface area contributed by atoms with Gasteiger partial charge in [0.1, 0.15) is 0 Å². The van der Waals surface area contributed by atoms with E-state index < -0.39 is 0 Å². The predicted molar refractivity (Wildman–Crippen MR) is 91.0 cm³/mol.